The minimum absolute atomic E-state index is 0.122. The van der Waals surface area contributed by atoms with Crippen LogP contribution in [0.25, 0.3) is 0 Å². The molecule has 15 heavy (non-hydrogen) atoms. The van der Waals surface area contributed by atoms with E-state index in [-0.39, 0.29) is 5.41 Å². The van der Waals surface area contributed by atoms with E-state index in [9.17, 15) is 4.79 Å². The van der Waals surface area contributed by atoms with Crippen molar-refractivity contribution in [1.29, 1.82) is 0 Å². The van der Waals surface area contributed by atoms with E-state index in [0.29, 0.717) is 4.88 Å². The maximum atomic E-state index is 10.8. The summed E-state index contributed by atoms with van der Waals surface area (Å²) >= 11 is 1.34. The van der Waals surface area contributed by atoms with Crippen molar-refractivity contribution in [3.05, 3.63) is 16.1 Å². The Balaban J connectivity index is 2.23. The first kappa shape index (κ1) is 10.6. The summed E-state index contributed by atoms with van der Waals surface area (Å²) in [5, 5.41) is 9.85. The Hall–Kier alpha value is -0.900. The van der Waals surface area contributed by atoms with Gasteiger partial charge in [0.15, 0.2) is 0 Å². The van der Waals surface area contributed by atoms with Crippen LogP contribution in [0, 0.1) is 0 Å². The van der Waals surface area contributed by atoms with Crippen molar-refractivity contribution in [2.24, 2.45) is 0 Å². The van der Waals surface area contributed by atoms with Crippen LogP contribution in [-0.2, 0) is 5.41 Å². The van der Waals surface area contributed by atoms with Crippen LogP contribution in [0.2, 0.25) is 0 Å². The van der Waals surface area contributed by atoms with Gasteiger partial charge in [0.2, 0.25) is 0 Å². The van der Waals surface area contributed by atoms with Crippen LogP contribution < -0.4 is 0 Å². The highest BCUT2D eigenvalue weighted by molar-refractivity contribution is 7.13. The summed E-state index contributed by atoms with van der Waals surface area (Å²) in [6.07, 6.45) is 7.53. The van der Waals surface area contributed by atoms with Crippen molar-refractivity contribution >= 4 is 17.3 Å². The number of hydrogen-bond donors (Lipinski definition) is 1. The molecule has 1 saturated carbocycles. The third-order valence-corrected chi connectivity index (χ3v) is 4.48. The van der Waals surface area contributed by atoms with E-state index >= 15 is 0 Å². The molecule has 4 heteroatoms. The fourth-order valence-electron chi connectivity index (χ4n) is 2.20. The number of hydrogen-bond acceptors (Lipinski definition) is 3. The summed E-state index contributed by atoms with van der Waals surface area (Å²) in [5.74, 6) is -0.863. The van der Waals surface area contributed by atoms with E-state index in [1.165, 1.54) is 36.8 Å². The van der Waals surface area contributed by atoms with Crippen LogP contribution in [0.15, 0.2) is 6.20 Å². The van der Waals surface area contributed by atoms with Crippen LogP contribution in [0.3, 0.4) is 0 Å². The summed E-state index contributed by atoms with van der Waals surface area (Å²) in [4.78, 5) is 15.4. The SMILES string of the molecule is CC1(c2ncc(C(=O)O)s2)CCCCC1. The Kier molecular flexibility index (Phi) is 2.78. The van der Waals surface area contributed by atoms with Gasteiger partial charge in [0.25, 0.3) is 0 Å². The summed E-state index contributed by atoms with van der Waals surface area (Å²) in [6.45, 7) is 2.20. The highest BCUT2D eigenvalue weighted by Gasteiger charge is 2.32. The maximum Gasteiger partial charge on any atom is 0.347 e. The van der Waals surface area contributed by atoms with Crippen molar-refractivity contribution < 1.29 is 9.90 Å². The molecule has 0 aromatic carbocycles. The second-order valence-electron chi connectivity index (χ2n) is 4.46. The Morgan fingerprint density at radius 3 is 2.67 bits per heavy atom. The number of aromatic nitrogens is 1. The largest absolute Gasteiger partial charge is 0.477 e. The van der Waals surface area contributed by atoms with Crippen LogP contribution >= 0.6 is 11.3 Å². The number of carbonyl (C=O) groups is 1. The molecule has 1 fully saturated rings. The minimum Gasteiger partial charge on any atom is -0.477 e. The number of aromatic carboxylic acids is 1. The molecule has 0 radical (unpaired) electrons. The summed E-state index contributed by atoms with van der Waals surface area (Å²) < 4.78 is 0. The first-order valence-electron chi connectivity index (χ1n) is 5.31. The third kappa shape index (κ3) is 2.04. The fraction of sp³-hybridized carbons (Fsp3) is 0.636. The van der Waals surface area contributed by atoms with Gasteiger partial charge in [-0.3, -0.25) is 0 Å². The fourth-order valence-corrected chi connectivity index (χ4v) is 3.15. The molecule has 0 saturated heterocycles. The lowest BCUT2D eigenvalue weighted by Gasteiger charge is -2.31. The minimum atomic E-state index is -0.863. The van der Waals surface area contributed by atoms with Crippen molar-refractivity contribution in [3.8, 4) is 0 Å². The topological polar surface area (TPSA) is 50.2 Å². The van der Waals surface area contributed by atoms with Gasteiger partial charge in [-0.1, -0.05) is 26.2 Å². The quantitative estimate of drug-likeness (QED) is 0.841. The van der Waals surface area contributed by atoms with Crippen molar-refractivity contribution in [3.63, 3.8) is 0 Å². The van der Waals surface area contributed by atoms with E-state index in [4.69, 9.17) is 5.11 Å². The number of thiazole rings is 1. The van der Waals surface area contributed by atoms with Gasteiger partial charge in [0.1, 0.15) is 4.88 Å². The van der Waals surface area contributed by atoms with Crippen LogP contribution in [0.1, 0.15) is 53.7 Å². The molecule has 0 aliphatic heterocycles. The molecule has 0 bridgehead atoms. The maximum absolute atomic E-state index is 10.8. The molecule has 1 aliphatic rings. The van der Waals surface area contributed by atoms with E-state index in [0.717, 1.165) is 17.8 Å². The van der Waals surface area contributed by atoms with Gasteiger partial charge in [-0.05, 0) is 12.8 Å². The first-order chi connectivity index (χ1) is 7.12. The van der Waals surface area contributed by atoms with E-state index in [1.807, 2.05) is 0 Å². The van der Waals surface area contributed by atoms with Crippen molar-refractivity contribution in [1.82, 2.24) is 4.98 Å². The van der Waals surface area contributed by atoms with Gasteiger partial charge in [0, 0.05) is 5.41 Å². The molecule has 1 N–H and O–H groups in total. The number of rotatable bonds is 2. The second-order valence-corrected chi connectivity index (χ2v) is 5.49. The van der Waals surface area contributed by atoms with Crippen LogP contribution in [-0.4, -0.2) is 16.1 Å². The lowest BCUT2D eigenvalue weighted by molar-refractivity contribution is 0.0702. The lowest BCUT2D eigenvalue weighted by atomic mass is 9.76. The Morgan fingerprint density at radius 1 is 1.47 bits per heavy atom. The summed E-state index contributed by atoms with van der Waals surface area (Å²) in [7, 11) is 0. The Labute approximate surface area is 93.2 Å². The Morgan fingerprint density at radius 2 is 2.13 bits per heavy atom. The highest BCUT2D eigenvalue weighted by atomic mass is 32.1. The normalized spacial score (nSPS) is 20.1. The average Bonchev–Trinajstić information content (AvgIpc) is 2.68. The number of nitrogens with zero attached hydrogens (tertiary/aromatic N) is 1. The van der Waals surface area contributed by atoms with Crippen LogP contribution in [0.5, 0.6) is 0 Å². The number of carboxylic acids is 1. The standard InChI is InChI=1S/C11H15NO2S/c1-11(5-3-2-4-6-11)10-12-7-8(15-10)9(13)14/h7H,2-6H2,1H3,(H,13,14). The summed E-state index contributed by atoms with van der Waals surface area (Å²) in [5.41, 5.74) is 0.122. The number of carboxylic acid groups (broad SMARTS) is 1. The molecule has 1 aromatic rings. The molecule has 0 unspecified atom stereocenters. The van der Waals surface area contributed by atoms with Gasteiger partial charge in [-0.15, -0.1) is 11.3 Å². The van der Waals surface area contributed by atoms with E-state index in [1.54, 1.807) is 0 Å². The molecule has 1 heterocycles. The molecular formula is C11H15NO2S. The smallest absolute Gasteiger partial charge is 0.347 e. The monoisotopic (exact) mass is 225 g/mol. The van der Waals surface area contributed by atoms with E-state index in [2.05, 4.69) is 11.9 Å². The Bertz CT molecular complexity index is 366. The summed E-state index contributed by atoms with van der Waals surface area (Å²) in [6, 6.07) is 0. The first-order valence-corrected chi connectivity index (χ1v) is 6.13. The van der Waals surface area contributed by atoms with Crippen molar-refractivity contribution in [2.75, 3.05) is 0 Å². The van der Waals surface area contributed by atoms with E-state index < -0.39 is 5.97 Å². The third-order valence-electron chi connectivity index (χ3n) is 3.19. The van der Waals surface area contributed by atoms with Gasteiger partial charge in [0.05, 0.1) is 11.2 Å². The predicted octanol–water partition coefficient (Wildman–Crippen LogP) is 3.06. The highest BCUT2D eigenvalue weighted by Crippen LogP contribution is 2.40. The lowest BCUT2D eigenvalue weighted by Crippen LogP contribution is -2.24. The zero-order valence-corrected chi connectivity index (χ0v) is 9.64. The zero-order valence-electron chi connectivity index (χ0n) is 8.82. The molecule has 1 aliphatic carbocycles. The molecular weight excluding hydrogens is 210 g/mol. The van der Waals surface area contributed by atoms with Gasteiger partial charge < -0.3 is 5.11 Å². The molecule has 0 amide bonds. The average molecular weight is 225 g/mol. The van der Waals surface area contributed by atoms with Crippen LogP contribution in [0.4, 0.5) is 0 Å². The molecule has 3 nitrogen and oxygen atoms in total. The van der Waals surface area contributed by atoms with Gasteiger partial charge in [-0.2, -0.15) is 0 Å². The molecule has 0 atom stereocenters. The second kappa shape index (κ2) is 3.93. The molecule has 82 valence electrons. The predicted molar refractivity (Wildman–Crippen MR) is 59.5 cm³/mol. The molecule has 0 spiro atoms. The molecule has 1 aromatic heterocycles. The van der Waals surface area contributed by atoms with Gasteiger partial charge >= 0.3 is 5.97 Å². The molecule has 2 rings (SSSR count). The van der Waals surface area contributed by atoms with Crippen molar-refractivity contribution in [2.45, 2.75) is 44.4 Å². The van der Waals surface area contributed by atoms with Gasteiger partial charge in [-0.25, -0.2) is 9.78 Å². The zero-order chi connectivity index (χ0) is 10.9.